The maximum Gasteiger partial charge on any atom is 0.257 e. The monoisotopic (exact) mass is 326 g/mol. The molecule has 1 amide bonds. The zero-order valence-electron chi connectivity index (χ0n) is 9.82. The molecule has 0 fully saturated rings. The van der Waals surface area contributed by atoms with Crippen LogP contribution in [0, 0.1) is 13.8 Å². The van der Waals surface area contributed by atoms with Crippen LogP contribution in [-0.2, 0) is 0 Å². The summed E-state index contributed by atoms with van der Waals surface area (Å²) < 4.78 is 0.556. The minimum atomic E-state index is -0.286. The van der Waals surface area contributed by atoms with E-state index < -0.39 is 0 Å². The Morgan fingerprint density at radius 3 is 2.72 bits per heavy atom. The van der Waals surface area contributed by atoms with Gasteiger partial charge in [0, 0.05) is 10.4 Å². The maximum atomic E-state index is 11.9. The second-order valence-corrected chi connectivity index (χ2v) is 5.84. The third kappa shape index (κ3) is 2.70. The minimum Gasteiger partial charge on any atom is -0.507 e. The van der Waals surface area contributed by atoms with Crippen LogP contribution in [0.3, 0.4) is 0 Å². The largest absolute Gasteiger partial charge is 0.507 e. The highest BCUT2D eigenvalue weighted by atomic mass is 79.9. The molecule has 1 aromatic carbocycles. The van der Waals surface area contributed by atoms with E-state index in [1.807, 2.05) is 13.8 Å². The van der Waals surface area contributed by atoms with Crippen molar-refractivity contribution in [3.05, 3.63) is 38.8 Å². The molecule has 0 bridgehead atoms. The number of carbonyl (C=O) groups excluding carboxylic acids is 1. The number of hydrogen-bond donors (Lipinski definition) is 2. The van der Waals surface area contributed by atoms with Gasteiger partial charge in [0.15, 0.2) is 5.13 Å². The third-order valence-corrected chi connectivity index (χ3v) is 4.12. The number of benzene rings is 1. The van der Waals surface area contributed by atoms with Crippen molar-refractivity contribution in [3.8, 4) is 5.75 Å². The molecule has 1 aromatic heterocycles. The molecule has 2 N–H and O–H groups in total. The number of phenols is 1. The van der Waals surface area contributed by atoms with Gasteiger partial charge in [-0.05, 0) is 48.0 Å². The first-order chi connectivity index (χ1) is 8.47. The van der Waals surface area contributed by atoms with Crippen molar-refractivity contribution in [1.82, 2.24) is 4.98 Å². The molecule has 6 heteroatoms. The van der Waals surface area contributed by atoms with Crippen LogP contribution in [0.1, 0.15) is 20.9 Å². The van der Waals surface area contributed by atoms with Crippen LogP contribution in [0.2, 0.25) is 0 Å². The summed E-state index contributed by atoms with van der Waals surface area (Å²) in [6.07, 6.45) is 0. The number of nitrogens with zero attached hydrogens (tertiary/aromatic N) is 1. The van der Waals surface area contributed by atoms with Gasteiger partial charge in [-0.1, -0.05) is 0 Å². The summed E-state index contributed by atoms with van der Waals surface area (Å²) in [7, 11) is 0. The first kappa shape index (κ1) is 13.0. The topological polar surface area (TPSA) is 62.2 Å². The van der Waals surface area contributed by atoms with Crippen LogP contribution >= 0.6 is 27.3 Å². The number of aryl methyl sites for hydroxylation is 2. The van der Waals surface area contributed by atoms with E-state index in [9.17, 15) is 9.90 Å². The third-order valence-electron chi connectivity index (χ3n) is 2.46. The molecule has 0 aliphatic rings. The fourth-order valence-corrected chi connectivity index (χ4v) is 2.41. The molecule has 1 heterocycles. The molecule has 0 unspecified atom stereocenters. The van der Waals surface area contributed by atoms with E-state index in [0.717, 1.165) is 10.6 Å². The standard InChI is InChI=1S/C12H11BrN2O2S/c1-6-7(2)18-12(14-6)15-11(17)8-3-4-9(13)10(16)5-8/h3-5,16H,1-2H3,(H,14,15,17). The molecular formula is C12H11BrN2O2S. The average molecular weight is 327 g/mol. The highest BCUT2D eigenvalue weighted by Crippen LogP contribution is 2.26. The lowest BCUT2D eigenvalue weighted by molar-refractivity contribution is 0.102. The Balaban J connectivity index is 2.19. The number of aromatic nitrogens is 1. The zero-order chi connectivity index (χ0) is 13.3. The van der Waals surface area contributed by atoms with E-state index in [0.29, 0.717) is 15.2 Å². The van der Waals surface area contributed by atoms with Crippen LogP contribution in [0.4, 0.5) is 5.13 Å². The molecule has 94 valence electrons. The van der Waals surface area contributed by atoms with Gasteiger partial charge in [0.2, 0.25) is 0 Å². The molecule has 0 spiro atoms. The fraction of sp³-hybridized carbons (Fsp3) is 0.167. The SMILES string of the molecule is Cc1nc(NC(=O)c2ccc(Br)c(O)c2)sc1C. The van der Waals surface area contributed by atoms with Gasteiger partial charge in [-0.2, -0.15) is 0 Å². The predicted molar refractivity (Wildman–Crippen MR) is 75.3 cm³/mol. The molecule has 0 saturated carbocycles. The van der Waals surface area contributed by atoms with Gasteiger partial charge in [-0.15, -0.1) is 11.3 Å². The number of amides is 1. The lowest BCUT2D eigenvalue weighted by Gasteiger charge is -2.03. The Hall–Kier alpha value is -1.40. The van der Waals surface area contributed by atoms with E-state index in [1.165, 1.54) is 17.4 Å². The molecule has 2 rings (SSSR count). The second-order valence-electron chi connectivity index (χ2n) is 3.78. The quantitative estimate of drug-likeness (QED) is 0.888. The van der Waals surface area contributed by atoms with Gasteiger partial charge in [-0.25, -0.2) is 4.98 Å². The summed E-state index contributed by atoms with van der Waals surface area (Å²) in [5.74, 6) is -0.249. The average Bonchev–Trinajstić information content (AvgIpc) is 2.61. The van der Waals surface area contributed by atoms with Crippen molar-refractivity contribution in [2.45, 2.75) is 13.8 Å². The first-order valence-corrected chi connectivity index (χ1v) is 6.82. The lowest BCUT2D eigenvalue weighted by Crippen LogP contribution is -2.11. The number of hydrogen-bond acceptors (Lipinski definition) is 4. The van der Waals surface area contributed by atoms with Crippen molar-refractivity contribution >= 4 is 38.3 Å². The second kappa shape index (κ2) is 5.07. The fourth-order valence-electron chi connectivity index (χ4n) is 1.35. The van der Waals surface area contributed by atoms with E-state index in [1.54, 1.807) is 12.1 Å². The maximum absolute atomic E-state index is 11.9. The number of thiazole rings is 1. The van der Waals surface area contributed by atoms with Crippen molar-refractivity contribution in [2.24, 2.45) is 0 Å². The molecule has 2 aromatic rings. The van der Waals surface area contributed by atoms with E-state index >= 15 is 0 Å². The van der Waals surface area contributed by atoms with Crippen LogP contribution in [0.5, 0.6) is 5.75 Å². The molecule has 18 heavy (non-hydrogen) atoms. The Kier molecular flexibility index (Phi) is 3.68. The number of carbonyl (C=O) groups is 1. The van der Waals surface area contributed by atoms with Crippen LogP contribution in [-0.4, -0.2) is 16.0 Å². The number of aromatic hydroxyl groups is 1. The van der Waals surface area contributed by atoms with Gasteiger partial charge in [0.25, 0.3) is 5.91 Å². The highest BCUT2D eigenvalue weighted by Gasteiger charge is 2.11. The smallest absolute Gasteiger partial charge is 0.257 e. The number of halogens is 1. The number of phenolic OH excluding ortho intramolecular Hbond substituents is 1. The molecular weight excluding hydrogens is 316 g/mol. The molecule has 0 radical (unpaired) electrons. The Morgan fingerprint density at radius 2 is 2.17 bits per heavy atom. The normalized spacial score (nSPS) is 10.4. The Bertz CT molecular complexity index is 591. The van der Waals surface area contributed by atoms with Crippen LogP contribution in [0.25, 0.3) is 0 Å². The molecule has 0 saturated heterocycles. The van der Waals surface area contributed by atoms with Crippen LogP contribution < -0.4 is 5.32 Å². The molecule has 0 aliphatic carbocycles. The van der Waals surface area contributed by atoms with E-state index in [4.69, 9.17) is 0 Å². The summed E-state index contributed by atoms with van der Waals surface area (Å²) in [6, 6.07) is 4.67. The molecule has 0 atom stereocenters. The number of nitrogens with one attached hydrogen (secondary N) is 1. The highest BCUT2D eigenvalue weighted by molar-refractivity contribution is 9.10. The van der Waals surface area contributed by atoms with Gasteiger partial charge >= 0.3 is 0 Å². The summed E-state index contributed by atoms with van der Waals surface area (Å²) in [4.78, 5) is 17.2. The van der Waals surface area contributed by atoms with Crippen molar-refractivity contribution in [3.63, 3.8) is 0 Å². The van der Waals surface area contributed by atoms with Gasteiger partial charge < -0.3 is 5.11 Å². The van der Waals surface area contributed by atoms with Gasteiger partial charge in [0.05, 0.1) is 10.2 Å². The van der Waals surface area contributed by atoms with Crippen molar-refractivity contribution < 1.29 is 9.90 Å². The van der Waals surface area contributed by atoms with Crippen molar-refractivity contribution in [2.75, 3.05) is 5.32 Å². The summed E-state index contributed by atoms with van der Waals surface area (Å²) >= 11 is 4.60. The van der Waals surface area contributed by atoms with Gasteiger partial charge in [0.1, 0.15) is 5.75 Å². The van der Waals surface area contributed by atoms with Gasteiger partial charge in [-0.3, -0.25) is 10.1 Å². The Morgan fingerprint density at radius 1 is 1.44 bits per heavy atom. The first-order valence-electron chi connectivity index (χ1n) is 5.21. The van der Waals surface area contributed by atoms with Crippen LogP contribution in [0.15, 0.2) is 22.7 Å². The molecule has 4 nitrogen and oxygen atoms in total. The predicted octanol–water partition coefficient (Wildman–Crippen LogP) is 3.48. The summed E-state index contributed by atoms with van der Waals surface area (Å²) in [5, 5.41) is 12.8. The Labute approximate surface area is 117 Å². The van der Waals surface area contributed by atoms with E-state index in [2.05, 4.69) is 26.2 Å². The van der Waals surface area contributed by atoms with Crippen molar-refractivity contribution in [1.29, 1.82) is 0 Å². The zero-order valence-corrected chi connectivity index (χ0v) is 12.2. The summed E-state index contributed by atoms with van der Waals surface area (Å²) in [5.41, 5.74) is 1.30. The lowest BCUT2D eigenvalue weighted by atomic mass is 10.2. The number of rotatable bonds is 2. The van der Waals surface area contributed by atoms with E-state index in [-0.39, 0.29) is 11.7 Å². The minimum absolute atomic E-state index is 0.0362. The molecule has 0 aliphatic heterocycles. The summed E-state index contributed by atoms with van der Waals surface area (Å²) in [6.45, 7) is 3.85. The number of anilines is 1.